The highest BCUT2D eigenvalue weighted by Crippen LogP contribution is 2.25. The summed E-state index contributed by atoms with van der Waals surface area (Å²) in [6.07, 6.45) is 1.30. The Labute approximate surface area is 213 Å². The molecule has 0 spiro atoms. The number of hydrogen-bond donors (Lipinski definition) is 0. The van der Waals surface area contributed by atoms with E-state index < -0.39 is 0 Å². The summed E-state index contributed by atoms with van der Waals surface area (Å²) in [6.45, 7) is 12.5. The molecule has 0 bridgehead atoms. The molecule has 7 heteroatoms. The molecule has 0 unspecified atom stereocenters. The van der Waals surface area contributed by atoms with Crippen LogP contribution in [0.2, 0.25) is 0 Å². The molecule has 0 aliphatic rings. The molecule has 0 saturated heterocycles. The van der Waals surface area contributed by atoms with Crippen LogP contribution in [-0.4, -0.2) is 40.1 Å². The smallest absolute Gasteiger partial charge is 0.339 e. The molecule has 0 radical (unpaired) electrons. The molecule has 7 nitrogen and oxygen atoms in total. The predicted octanol–water partition coefficient (Wildman–Crippen LogP) is 5.96. The second kappa shape index (κ2) is 12.4. The van der Waals surface area contributed by atoms with Crippen molar-refractivity contribution in [3.63, 3.8) is 0 Å². The van der Waals surface area contributed by atoms with Gasteiger partial charge in [0.25, 0.3) is 0 Å². The lowest BCUT2D eigenvalue weighted by molar-refractivity contribution is 0.0514. The van der Waals surface area contributed by atoms with Crippen LogP contribution in [-0.2, 0) is 22.3 Å². The van der Waals surface area contributed by atoms with Gasteiger partial charge in [-0.05, 0) is 74.9 Å². The molecule has 0 atom stereocenters. The largest absolute Gasteiger partial charge is 0.462 e. The Hall–Kier alpha value is -3.61. The van der Waals surface area contributed by atoms with Gasteiger partial charge in [0.2, 0.25) is 0 Å². The van der Waals surface area contributed by atoms with E-state index in [-0.39, 0.29) is 11.9 Å². The van der Waals surface area contributed by atoms with Gasteiger partial charge in [0.05, 0.1) is 58.5 Å². The van der Waals surface area contributed by atoms with E-state index in [4.69, 9.17) is 24.4 Å². The molecule has 0 fully saturated rings. The SMILES string of the molecule is CCOC(=O)c1ccc(-c2cccc(-c3ccc(C(=O)OCC)c(CC(C)C)n3)n2)nc1CC(C)C. The third-order valence-electron chi connectivity index (χ3n) is 5.42. The molecule has 0 aromatic carbocycles. The summed E-state index contributed by atoms with van der Waals surface area (Å²) in [7, 11) is 0. The number of rotatable bonds is 10. The molecular formula is C29H35N3O4. The lowest BCUT2D eigenvalue weighted by Crippen LogP contribution is -2.12. The van der Waals surface area contributed by atoms with Crippen LogP contribution in [0.1, 0.15) is 73.6 Å². The summed E-state index contributed by atoms with van der Waals surface area (Å²) in [5, 5.41) is 0. The highest BCUT2D eigenvalue weighted by molar-refractivity contribution is 5.91. The van der Waals surface area contributed by atoms with Gasteiger partial charge < -0.3 is 9.47 Å². The van der Waals surface area contributed by atoms with Crippen LogP contribution < -0.4 is 0 Å². The lowest BCUT2D eigenvalue weighted by Gasteiger charge is -2.13. The van der Waals surface area contributed by atoms with Crippen molar-refractivity contribution >= 4 is 11.9 Å². The molecular weight excluding hydrogens is 454 g/mol. The van der Waals surface area contributed by atoms with Gasteiger partial charge in [0.1, 0.15) is 0 Å². The zero-order chi connectivity index (χ0) is 26.2. The predicted molar refractivity (Wildman–Crippen MR) is 140 cm³/mol. The molecule has 3 rings (SSSR count). The minimum Gasteiger partial charge on any atom is -0.462 e. The fourth-order valence-corrected chi connectivity index (χ4v) is 3.88. The van der Waals surface area contributed by atoms with E-state index in [9.17, 15) is 9.59 Å². The van der Waals surface area contributed by atoms with Crippen LogP contribution in [0, 0.1) is 11.8 Å². The van der Waals surface area contributed by atoms with Gasteiger partial charge in [-0.2, -0.15) is 0 Å². The van der Waals surface area contributed by atoms with E-state index in [2.05, 4.69) is 27.7 Å². The third kappa shape index (κ3) is 6.74. The number of aromatic nitrogens is 3. The molecule has 0 aliphatic heterocycles. The molecule has 3 aromatic heterocycles. The van der Waals surface area contributed by atoms with Gasteiger partial charge in [0, 0.05) is 0 Å². The number of esters is 2. The van der Waals surface area contributed by atoms with Crippen LogP contribution in [0.5, 0.6) is 0 Å². The first kappa shape index (κ1) is 27.0. The fourth-order valence-electron chi connectivity index (χ4n) is 3.88. The maximum Gasteiger partial charge on any atom is 0.339 e. The van der Waals surface area contributed by atoms with E-state index in [1.807, 2.05) is 18.2 Å². The number of ether oxygens (including phenoxy) is 2. The standard InChI is InChI=1S/C29H35N3O4/c1-7-35-28(33)20-12-14-24(31-26(20)16-18(3)4)22-10-9-11-23(30-22)25-15-13-21(29(34)36-8-2)27(32-25)17-19(5)6/h9-15,18-19H,7-8,16-17H2,1-6H3. The Balaban J connectivity index is 2.02. The van der Waals surface area contributed by atoms with Gasteiger partial charge in [-0.15, -0.1) is 0 Å². The minimum absolute atomic E-state index is 0.312. The van der Waals surface area contributed by atoms with Crippen molar-refractivity contribution in [1.82, 2.24) is 15.0 Å². The van der Waals surface area contributed by atoms with Crippen LogP contribution in [0.3, 0.4) is 0 Å². The van der Waals surface area contributed by atoms with Gasteiger partial charge in [-0.25, -0.2) is 14.6 Å². The average molecular weight is 490 g/mol. The Morgan fingerprint density at radius 1 is 0.639 bits per heavy atom. The van der Waals surface area contributed by atoms with Crippen LogP contribution in [0.4, 0.5) is 0 Å². The van der Waals surface area contributed by atoms with Crippen molar-refractivity contribution in [1.29, 1.82) is 0 Å². The van der Waals surface area contributed by atoms with Crippen LogP contribution >= 0.6 is 0 Å². The normalized spacial score (nSPS) is 11.1. The molecule has 0 amide bonds. The van der Waals surface area contributed by atoms with E-state index in [0.717, 1.165) is 0 Å². The Kier molecular flexibility index (Phi) is 9.28. The molecule has 0 aliphatic carbocycles. The number of carbonyl (C=O) groups excluding carboxylic acids is 2. The topological polar surface area (TPSA) is 91.3 Å². The first-order chi connectivity index (χ1) is 17.2. The Bertz CT molecular complexity index is 1130. The summed E-state index contributed by atoms with van der Waals surface area (Å²) in [4.78, 5) is 39.3. The second-order valence-corrected chi connectivity index (χ2v) is 9.43. The molecule has 3 heterocycles. The summed E-state index contributed by atoms with van der Waals surface area (Å²) in [6, 6.07) is 12.8. The monoisotopic (exact) mass is 489 g/mol. The van der Waals surface area contributed by atoms with E-state index in [0.29, 0.717) is 83.2 Å². The number of pyridine rings is 3. The van der Waals surface area contributed by atoms with Crippen molar-refractivity contribution in [2.45, 2.75) is 54.4 Å². The first-order valence-electron chi connectivity index (χ1n) is 12.5. The van der Waals surface area contributed by atoms with Crippen molar-refractivity contribution < 1.29 is 19.1 Å². The Morgan fingerprint density at radius 3 is 1.39 bits per heavy atom. The molecule has 3 aromatic rings. The zero-order valence-electron chi connectivity index (χ0n) is 22.0. The van der Waals surface area contributed by atoms with Crippen molar-refractivity contribution in [3.05, 3.63) is 65.0 Å². The summed E-state index contributed by atoms with van der Waals surface area (Å²) in [5.41, 5.74) is 5.06. The first-order valence-corrected chi connectivity index (χ1v) is 12.5. The third-order valence-corrected chi connectivity index (χ3v) is 5.42. The van der Waals surface area contributed by atoms with Gasteiger partial charge in [0.15, 0.2) is 0 Å². The van der Waals surface area contributed by atoms with Crippen LogP contribution in [0.15, 0.2) is 42.5 Å². The van der Waals surface area contributed by atoms with Crippen molar-refractivity contribution in [2.24, 2.45) is 11.8 Å². The number of carbonyl (C=O) groups is 2. The average Bonchev–Trinajstić information content (AvgIpc) is 2.83. The maximum atomic E-state index is 12.4. The maximum absolute atomic E-state index is 12.4. The summed E-state index contributed by atoms with van der Waals surface area (Å²) < 4.78 is 10.4. The summed E-state index contributed by atoms with van der Waals surface area (Å²) >= 11 is 0. The highest BCUT2D eigenvalue weighted by atomic mass is 16.5. The molecule has 36 heavy (non-hydrogen) atoms. The zero-order valence-corrected chi connectivity index (χ0v) is 22.0. The Morgan fingerprint density at radius 2 is 1.03 bits per heavy atom. The molecule has 190 valence electrons. The van der Waals surface area contributed by atoms with Gasteiger partial charge in [-0.3, -0.25) is 9.97 Å². The van der Waals surface area contributed by atoms with Gasteiger partial charge in [-0.1, -0.05) is 33.8 Å². The molecule has 0 N–H and O–H groups in total. The van der Waals surface area contributed by atoms with E-state index >= 15 is 0 Å². The second-order valence-electron chi connectivity index (χ2n) is 9.43. The van der Waals surface area contributed by atoms with Crippen LogP contribution in [0.25, 0.3) is 22.8 Å². The number of nitrogens with zero attached hydrogens (tertiary/aromatic N) is 3. The quantitative estimate of drug-likeness (QED) is 0.325. The lowest BCUT2D eigenvalue weighted by atomic mass is 10.0. The minimum atomic E-state index is -0.363. The number of hydrogen-bond acceptors (Lipinski definition) is 7. The molecule has 0 saturated carbocycles. The van der Waals surface area contributed by atoms with Crippen molar-refractivity contribution in [3.8, 4) is 22.8 Å². The van der Waals surface area contributed by atoms with E-state index in [1.165, 1.54) is 0 Å². The van der Waals surface area contributed by atoms with Crippen molar-refractivity contribution in [2.75, 3.05) is 13.2 Å². The fraction of sp³-hybridized carbons (Fsp3) is 0.414. The highest BCUT2D eigenvalue weighted by Gasteiger charge is 2.19. The van der Waals surface area contributed by atoms with E-state index in [1.54, 1.807) is 38.1 Å². The summed E-state index contributed by atoms with van der Waals surface area (Å²) in [5.74, 6) is -0.0848. The van der Waals surface area contributed by atoms with Gasteiger partial charge >= 0.3 is 11.9 Å².